The van der Waals surface area contributed by atoms with Gasteiger partial charge in [-0.25, -0.2) is 9.78 Å². The number of rotatable bonds is 4. The lowest BCUT2D eigenvalue weighted by Crippen LogP contribution is -1.98. The van der Waals surface area contributed by atoms with Gasteiger partial charge in [0.1, 0.15) is 0 Å². The van der Waals surface area contributed by atoms with E-state index in [9.17, 15) is 4.79 Å². The third kappa shape index (κ3) is 3.07. The van der Waals surface area contributed by atoms with Crippen LogP contribution in [0.15, 0.2) is 49.1 Å². The zero-order valence-corrected chi connectivity index (χ0v) is 10.1. The van der Waals surface area contributed by atoms with Crippen molar-refractivity contribution in [3.05, 3.63) is 54.6 Å². The van der Waals surface area contributed by atoms with Crippen molar-refractivity contribution in [2.75, 3.05) is 6.61 Å². The van der Waals surface area contributed by atoms with Crippen molar-refractivity contribution in [1.29, 1.82) is 0 Å². The molecule has 0 atom stereocenters. The van der Waals surface area contributed by atoms with Crippen molar-refractivity contribution in [2.24, 2.45) is 0 Å². The molecule has 0 aliphatic heterocycles. The molecule has 0 unspecified atom stereocenters. The lowest BCUT2D eigenvalue weighted by atomic mass is 10.2. The van der Waals surface area contributed by atoms with Crippen LogP contribution in [0.5, 0.6) is 0 Å². The van der Waals surface area contributed by atoms with E-state index in [1.165, 1.54) is 6.08 Å². The fourth-order valence-corrected chi connectivity index (χ4v) is 1.52. The van der Waals surface area contributed by atoms with Crippen LogP contribution in [0.3, 0.4) is 0 Å². The predicted octanol–water partition coefficient (Wildman–Crippen LogP) is 2.45. The van der Waals surface area contributed by atoms with Gasteiger partial charge in [-0.15, -0.1) is 0 Å². The van der Waals surface area contributed by atoms with E-state index in [0.717, 1.165) is 11.3 Å². The third-order valence-corrected chi connectivity index (χ3v) is 2.39. The van der Waals surface area contributed by atoms with Gasteiger partial charge in [0.2, 0.25) is 0 Å². The topological polar surface area (TPSA) is 44.1 Å². The number of nitrogens with zero attached hydrogens (tertiary/aromatic N) is 2. The number of benzene rings is 1. The summed E-state index contributed by atoms with van der Waals surface area (Å²) < 4.78 is 6.72. The molecule has 2 aromatic rings. The van der Waals surface area contributed by atoms with E-state index in [4.69, 9.17) is 4.74 Å². The first-order chi connectivity index (χ1) is 8.79. The summed E-state index contributed by atoms with van der Waals surface area (Å²) in [6.45, 7) is 2.17. The van der Waals surface area contributed by atoms with Crippen LogP contribution in [0.4, 0.5) is 0 Å². The van der Waals surface area contributed by atoms with E-state index in [0.29, 0.717) is 6.61 Å². The number of imidazole rings is 1. The Morgan fingerprint density at radius 3 is 2.78 bits per heavy atom. The lowest BCUT2D eigenvalue weighted by Gasteiger charge is -2.01. The molecule has 2 rings (SSSR count). The molecule has 0 fully saturated rings. The van der Waals surface area contributed by atoms with Gasteiger partial charge in [-0.05, 0) is 30.7 Å². The Morgan fingerprint density at radius 1 is 1.39 bits per heavy atom. The zero-order chi connectivity index (χ0) is 12.8. The smallest absolute Gasteiger partial charge is 0.330 e. The first-order valence-electron chi connectivity index (χ1n) is 5.73. The predicted molar refractivity (Wildman–Crippen MR) is 69.2 cm³/mol. The normalized spacial score (nSPS) is 10.7. The van der Waals surface area contributed by atoms with Crippen LogP contribution in [-0.2, 0) is 9.53 Å². The van der Waals surface area contributed by atoms with Crippen LogP contribution in [-0.4, -0.2) is 22.1 Å². The maximum absolute atomic E-state index is 11.1. The average Bonchev–Trinajstić information content (AvgIpc) is 2.91. The maximum Gasteiger partial charge on any atom is 0.330 e. The molecule has 4 heteroatoms. The molecular formula is C14H14N2O2. The second kappa shape index (κ2) is 5.82. The van der Waals surface area contributed by atoms with Gasteiger partial charge in [-0.1, -0.05) is 12.1 Å². The summed E-state index contributed by atoms with van der Waals surface area (Å²) in [4.78, 5) is 15.1. The summed E-state index contributed by atoms with van der Waals surface area (Å²) in [5, 5.41) is 0. The minimum Gasteiger partial charge on any atom is -0.463 e. The Hall–Kier alpha value is -2.36. The molecule has 0 radical (unpaired) electrons. The summed E-state index contributed by atoms with van der Waals surface area (Å²) in [5.74, 6) is -0.323. The second-order valence-corrected chi connectivity index (χ2v) is 3.65. The number of esters is 1. The number of carbonyl (C=O) groups is 1. The summed E-state index contributed by atoms with van der Waals surface area (Å²) in [5.41, 5.74) is 1.98. The van der Waals surface area contributed by atoms with Gasteiger partial charge in [0.05, 0.1) is 12.9 Å². The molecule has 92 valence electrons. The molecule has 1 aromatic heterocycles. The second-order valence-electron chi connectivity index (χ2n) is 3.65. The molecule has 0 amide bonds. The van der Waals surface area contributed by atoms with Crippen molar-refractivity contribution < 1.29 is 9.53 Å². The molecule has 4 nitrogen and oxygen atoms in total. The number of carbonyl (C=O) groups excluding carboxylic acids is 1. The van der Waals surface area contributed by atoms with E-state index in [1.807, 2.05) is 35.0 Å². The van der Waals surface area contributed by atoms with E-state index >= 15 is 0 Å². The molecule has 1 aromatic carbocycles. The third-order valence-electron chi connectivity index (χ3n) is 2.39. The maximum atomic E-state index is 11.1. The molecule has 1 heterocycles. The van der Waals surface area contributed by atoms with E-state index in [2.05, 4.69) is 4.98 Å². The molecule has 0 spiro atoms. The Labute approximate surface area is 106 Å². The van der Waals surface area contributed by atoms with Crippen LogP contribution < -0.4 is 0 Å². The largest absolute Gasteiger partial charge is 0.463 e. The number of aromatic nitrogens is 2. The minimum atomic E-state index is -0.323. The Kier molecular flexibility index (Phi) is 3.91. The van der Waals surface area contributed by atoms with Gasteiger partial charge in [0.15, 0.2) is 0 Å². The summed E-state index contributed by atoms with van der Waals surface area (Å²) in [7, 11) is 0. The molecule has 0 aliphatic rings. The summed E-state index contributed by atoms with van der Waals surface area (Å²) in [6, 6.07) is 7.80. The highest BCUT2D eigenvalue weighted by atomic mass is 16.5. The first kappa shape index (κ1) is 12.1. The summed E-state index contributed by atoms with van der Waals surface area (Å²) >= 11 is 0. The zero-order valence-electron chi connectivity index (χ0n) is 10.1. The van der Waals surface area contributed by atoms with Gasteiger partial charge >= 0.3 is 5.97 Å². The first-order valence-corrected chi connectivity index (χ1v) is 5.73. The SMILES string of the molecule is CCOC(=O)C=Cc1ccc(-n2ccnc2)cc1. The molecule has 18 heavy (non-hydrogen) atoms. The van der Waals surface area contributed by atoms with Gasteiger partial charge in [-0.2, -0.15) is 0 Å². The molecule has 0 saturated carbocycles. The fraction of sp³-hybridized carbons (Fsp3) is 0.143. The van der Waals surface area contributed by atoms with E-state index in [-0.39, 0.29) is 5.97 Å². The van der Waals surface area contributed by atoms with Crippen molar-refractivity contribution in [3.63, 3.8) is 0 Å². The molecule has 0 bridgehead atoms. The lowest BCUT2D eigenvalue weighted by molar-refractivity contribution is -0.137. The highest BCUT2D eigenvalue weighted by molar-refractivity contribution is 5.87. The van der Waals surface area contributed by atoms with Crippen molar-refractivity contribution >= 4 is 12.0 Å². The number of hydrogen-bond donors (Lipinski definition) is 0. The average molecular weight is 242 g/mol. The van der Waals surface area contributed by atoms with Crippen LogP contribution in [0.2, 0.25) is 0 Å². The molecule has 0 N–H and O–H groups in total. The van der Waals surface area contributed by atoms with Crippen LogP contribution >= 0.6 is 0 Å². The monoisotopic (exact) mass is 242 g/mol. The quantitative estimate of drug-likeness (QED) is 0.611. The highest BCUT2D eigenvalue weighted by Gasteiger charge is 1.96. The van der Waals surface area contributed by atoms with Gasteiger partial charge in [-0.3, -0.25) is 0 Å². The Bertz CT molecular complexity index is 527. The van der Waals surface area contributed by atoms with Crippen molar-refractivity contribution in [2.45, 2.75) is 6.92 Å². The Balaban J connectivity index is 2.06. The van der Waals surface area contributed by atoms with Crippen LogP contribution in [0.1, 0.15) is 12.5 Å². The molecule has 0 aliphatic carbocycles. The van der Waals surface area contributed by atoms with Crippen molar-refractivity contribution in [1.82, 2.24) is 9.55 Å². The Morgan fingerprint density at radius 2 is 2.17 bits per heavy atom. The van der Waals surface area contributed by atoms with Gasteiger partial charge < -0.3 is 9.30 Å². The van der Waals surface area contributed by atoms with E-state index < -0.39 is 0 Å². The summed E-state index contributed by atoms with van der Waals surface area (Å²) in [6.07, 6.45) is 8.51. The minimum absolute atomic E-state index is 0.323. The fourth-order valence-electron chi connectivity index (χ4n) is 1.52. The number of hydrogen-bond acceptors (Lipinski definition) is 3. The molecule has 0 saturated heterocycles. The van der Waals surface area contributed by atoms with Crippen molar-refractivity contribution in [3.8, 4) is 5.69 Å². The number of ether oxygens (including phenoxy) is 1. The standard InChI is InChI=1S/C14H14N2O2/c1-2-18-14(17)8-5-12-3-6-13(7-4-12)16-10-9-15-11-16/h3-11H,2H2,1H3. The van der Waals surface area contributed by atoms with Gasteiger partial charge in [0, 0.05) is 24.2 Å². The molecular weight excluding hydrogens is 228 g/mol. The highest BCUT2D eigenvalue weighted by Crippen LogP contribution is 2.10. The van der Waals surface area contributed by atoms with Crippen LogP contribution in [0.25, 0.3) is 11.8 Å². The van der Waals surface area contributed by atoms with E-state index in [1.54, 1.807) is 25.5 Å². The van der Waals surface area contributed by atoms with Gasteiger partial charge in [0.25, 0.3) is 0 Å². The van der Waals surface area contributed by atoms with Crippen LogP contribution in [0, 0.1) is 0 Å².